The number of hydrogen-bond donors (Lipinski definition) is 0. The Bertz CT molecular complexity index is 785. The summed E-state index contributed by atoms with van der Waals surface area (Å²) in [5.41, 5.74) is 3.33. The molecule has 1 aliphatic heterocycles. The highest BCUT2D eigenvalue weighted by molar-refractivity contribution is 5.53. The minimum absolute atomic E-state index is 0.629. The molecule has 2 aromatic rings. The summed E-state index contributed by atoms with van der Waals surface area (Å²) in [5.74, 6) is 1.46. The molecule has 0 saturated heterocycles. The maximum atomic E-state index is 5.86. The maximum Gasteiger partial charge on any atom is 0.239 e. The van der Waals surface area contributed by atoms with E-state index in [1.54, 1.807) is 0 Å². The van der Waals surface area contributed by atoms with Gasteiger partial charge in [0.25, 0.3) is 0 Å². The largest absolute Gasteiger partial charge is 0.475 e. The SMILES string of the molecule is CN(C1=CC=C1)c1cnc2c(n1)OCCN(Cc1ccccc1)C2. The molecule has 0 saturated carbocycles. The second-order valence-electron chi connectivity index (χ2n) is 6.03. The number of nitrogens with zero attached hydrogens (tertiary/aromatic N) is 4. The Kier molecular flexibility index (Phi) is 4.01. The molecule has 1 aromatic heterocycles. The van der Waals surface area contributed by atoms with Gasteiger partial charge in [-0.1, -0.05) is 36.4 Å². The zero-order chi connectivity index (χ0) is 16.4. The van der Waals surface area contributed by atoms with E-state index in [0.29, 0.717) is 12.5 Å². The van der Waals surface area contributed by atoms with Crippen LogP contribution in [0, 0.1) is 0 Å². The van der Waals surface area contributed by atoms with Crippen LogP contribution in [0.5, 0.6) is 5.88 Å². The smallest absolute Gasteiger partial charge is 0.239 e. The van der Waals surface area contributed by atoms with Crippen LogP contribution in [0.1, 0.15) is 11.3 Å². The van der Waals surface area contributed by atoms with Crippen LogP contribution < -0.4 is 9.64 Å². The predicted octanol–water partition coefficient (Wildman–Crippen LogP) is 2.76. The highest BCUT2D eigenvalue weighted by Gasteiger charge is 2.20. The molecule has 1 aliphatic carbocycles. The number of rotatable bonds is 4. The van der Waals surface area contributed by atoms with Gasteiger partial charge in [-0.2, -0.15) is 4.98 Å². The van der Waals surface area contributed by atoms with Gasteiger partial charge in [-0.3, -0.25) is 9.88 Å². The van der Waals surface area contributed by atoms with Crippen LogP contribution in [0.3, 0.4) is 0 Å². The minimum atomic E-state index is 0.629. The number of anilines is 1. The van der Waals surface area contributed by atoms with Crippen molar-refractivity contribution in [1.82, 2.24) is 14.9 Å². The van der Waals surface area contributed by atoms with Gasteiger partial charge < -0.3 is 9.64 Å². The third-order valence-electron chi connectivity index (χ3n) is 4.33. The maximum absolute atomic E-state index is 5.86. The van der Waals surface area contributed by atoms with Gasteiger partial charge in [0.2, 0.25) is 5.88 Å². The van der Waals surface area contributed by atoms with Crippen LogP contribution in [0.2, 0.25) is 0 Å². The summed E-state index contributed by atoms with van der Waals surface area (Å²) < 4.78 is 5.86. The third kappa shape index (κ3) is 3.03. The fourth-order valence-corrected chi connectivity index (χ4v) is 2.85. The molecule has 0 bridgehead atoms. The van der Waals surface area contributed by atoms with E-state index in [-0.39, 0.29) is 0 Å². The molecule has 5 nitrogen and oxygen atoms in total. The Hall–Kier alpha value is -2.66. The Morgan fingerprint density at radius 1 is 1.25 bits per heavy atom. The first kappa shape index (κ1) is 14.9. The molecule has 5 heteroatoms. The van der Waals surface area contributed by atoms with Crippen LogP contribution in [0.25, 0.3) is 0 Å². The first-order chi connectivity index (χ1) is 11.8. The molecular weight excluding hydrogens is 300 g/mol. The number of allylic oxidation sites excluding steroid dienone is 3. The lowest BCUT2D eigenvalue weighted by Gasteiger charge is -2.22. The van der Waals surface area contributed by atoms with Gasteiger partial charge in [-0.25, -0.2) is 0 Å². The lowest BCUT2D eigenvalue weighted by molar-refractivity contribution is 0.217. The average Bonchev–Trinajstić information content (AvgIpc) is 2.75. The first-order valence-electron chi connectivity index (χ1n) is 8.17. The predicted molar refractivity (Wildman–Crippen MR) is 93.7 cm³/mol. The van der Waals surface area contributed by atoms with Crippen molar-refractivity contribution in [1.29, 1.82) is 0 Å². The molecule has 0 amide bonds. The number of likely N-dealkylation sites (N-methyl/N-ethyl adjacent to an activating group) is 1. The zero-order valence-electron chi connectivity index (χ0n) is 13.7. The van der Waals surface area contributed by atoms with Gasteiger partial charge in [0, 0.05) is 32.4 Å². The third-order valence-corrected chi connectivity index (χ3v) is 4.33. The number of benzene rings is 1. The Morgan fingerprint density at radius 3 is 2.83 bits per heavy atom. The number of fused-ring (bicyclic) bond motifs is 1. The van der Waals surface area contributed by atoms with E-state index in [2.05, 4.69) is 51.3 Å². The highest BCUT2D eigenvalue weighted by atomic mass is 16.5. The number of ether oxygens (including phenoxy) is 1. The molecule has 2 heterocycles. The second kappa shape index (κ2) is 6.45. The van der Waals surface area contributed by atoms with Crippen molar-refractivity contribution in [3.8, 4) is 5.88 Å². The molecule has 2 aliphatic rings. The van der Waals surface area contributed by atoms with Crippen molar-refractivity contribution in [2.24, 2.45) is 0 Å². The fraction of sp³-hybridized carbons (Fsp3) is 0.263. The topological polar surface area (TPSA) is 41.5 Å². The molecule has 0 atom stereocenters. The van der Waals surface area contributed by atoms with Gasteiger partial charge in [0.15, 0.2) is 5.82 Å². The summed E-state index contributed by atoms with van der Waals surface area (Å²) >= 11 is 0. The van der Waals surface area contributed by atoms with Crippen LogP contribution in [-0.2, 0) is 13.1 Å². The normalized spacial score (nSPS) is 16.5. The Labute approximate surface area is 141 Å². The molecule has 24 heavy (non-hydrogen) atoms. The summed E-state index contributed by atoms with van der Waals surface area (Å²) in [7, 11) is 1.99. The molecule has 0 unspecified atom stereocenters. The summed E-state index contributed by atoms with van der Waals surface area (Å²) in [5, 5.41) is 0. The van der Waals surface area contributed by atoms with Gasteiger partial charge in [0.05, 0.1) is 6.20 Å². The molecule has 122 valence electrons. The molecular formula is C19H20N4O. The van der Waals surface area contributed by atoms with Gasteiger partial charge in [0.1, 0.15) is 12.3 Å². The van der Waals surface area contributed by atoms with Crippen molar-refractivity contribution < 1.29 is 4.74 Å². The quantitative estimate of drug-likeness (QED) is 0.866. The molecule has 0 spiro atoms. The summed E-state index contributed by atoms with van der Waals surface area (Å²) in [4.78, 5) is 13.6. The fourth-order valence-electron chi connectivity index (χ4n) is 2.85. The van der Waals surface area contributed by atoms with Crippen LogP contribution in [-0.4, -0.2) is 35.1 Å². The van der Waals surface area contributed by atoms with Crippen LogP contribution in [0.15, 0.2) is 60.5 Å². The van der Waals surface area contributed by atoms with E-state index < -0.39 is 0 Å². The molecule has 0 N–H and O–H groups in total. The highest BCUT2D eigenvalue weighted by Crippen LogP contribution is 2.25. The zero-order valence-corrected chi connectivity index (χ0v) is 13.7. The van der Waals surface area contributed by atoms with E-state index in [4.69, 9.17) is 4.74 Å². The van der Waals surface area contributed by atoms with E-state index in [1.807, 2.05) is 30.3 Å². The number of aromatic nitrogens is 2. The Morgan fingerprint density at radius 2 is 2.08 bits per heavy atom. The standard InChI is InChI=1S/C19H20N4O/c1-22(16-8-5-9-16)18-12-20-17-14-23(10-11-24-19(17)21-18)13-15-6-3-2-4-7-15/h2-9,12H,10-11,13-14H2,1H3. The van der Waals surface area contributed by atoms with Crippen LogP contribution >= 0.6 is 0 Å². The van der Waals surface area contributed by atoms with Crippen molar-refractivity contribution >= 4 is 5.82 Å². The van der Waals surface area contributed by atoms with Crippen molar-refractivity contribution in [3.05, 3.63) is 71.7 Å². The molecule has 4 rings (SSSR count). The van der Waals surface area contributed by atoms with Crippen molar-refractivity contribution in [2.45, 2.75) is 13.1 Å². The van der Waals surface area contributed by atoms with Gasteiger partial charge >= 0.3 is 0 Å². The molecule has 0 radical (unpaired) electrons. The van der Waals surface area contributed by atoms with Gasteiger partial charge in [-0.15, -0.1) is 0 Å². The average molecular weight is 320 g/mol. The summed E-state index contributed by atoms with van der Waals surface area (Å²) in [6.07, 6.45) is 7.94. The van der Waals surface area contributed by atoms with Crippen molar-refractivity contribution in [3.63, 3.8) is 0 Å². The van der Waals surface area contributed by atoms with Gasteiger partial charge in [-0.05, 0) is 17.7 Å². The second-order valence-corrected chi connectivity index (χ2v) is 6.03. The van der Waals surface area contributed by atoms with E-state index in [0.717, 1.165) is 36.8 Å². The lowest BCUT2D eigenvalue weighted by Crippen LogP contribution is -2.25. The van der Waals surface area contributed by atoms with E-state index in [1.165, 1.54) is 5.56 Å². The Balaban J connectivity index is 1.51. The minimum Gasteiger partial charge on any atom is -0.475 e. The van der Waals surface area contributed by atoms with Crippen LogP contribution in [0.4, 0.5) is 5.82 Å². The van der Waals surface area contributed by atoms with E-state index in [9.17, 15) is 0 Å². The van der Waals surface area contributed by atoms with Crippen molar-refractivity contribution in [2.75, 3.05) is 25.1 Å². The monoisotopic (exact) mass is 320 g/mol. The molecule has 0 fully saturated rings. The molecule has 1 aromatic carbocycles. The number of hydrogen-bond acceptors (Lipinski definition) is 5. The van der Waals surface area contributed by atoms with E-state index >= 15 is 0 Å². The first-order valence-corrected chi connectivity index (χ1v) is 8.17. The summed E-state index contributed by atoms with van der Waals surface area (Å²) in [6.45, 7) is 3.14. The summed E-state index contributed by atoms with van der Waals surface area (Å²) in [6, 6.07) is 10.5. The lowest BCUT2D eigenvalue weighted by atomic mass is 10.2.